The van der Waals surface area contributed by atoms with Crippen LogP contribution in [0.15, 0.2) is 34.3 Å². The van der Waals surface area contributed by atoms with E-state index >= 15 is 0 Å². The molecule has 4 rings (SSSR count). The van der Waals surface area contributed by atoms with Crippen molar-refractivity contribution in [1.29, 1.82) is 0 Å². The van der Waals surface area contributed by atoms with Crippen LogP contribution in [-0.4, -0.2) is 53.8 Å². The Labute approximate surface area is 166 Å². The highest BCUT2D eigenvalue weighted by Crippen LogP contribution is 2.24. The average molecular weight is 402 g/mol. The lowest BCUT2D eigenvalue weighted by Crippen LogP contribution is -2.41. The van der Waals surface area contributed by atoms with Gasteiger partial charge < -0.3 is 19.0 Å². The van der Waals surface area contributed by atoms with Gasteiger partial charge in [-0.2, -0.15) is 0 Å². The summed E-state index contributed by atoms with van der Waals surface area (Å²) < 4.78 is 10.4. The number of piperidine rings is 1. The molecule has 148 valence electrons. The summed E-state index contributed by atoms with van der Waals surface area (Å²) in [5.41, 5.74) is 1.18. The first-order valence-electron chi connectivity index (χ1n) is 9.44. The number of amides is 2. The fourth-order valence-corrected chi connectivity index (χ4v) is 4.57. The second-order valence-corrected chi connectivity index (χ2v) is 8.09. The van der Waals surface area contributed by atoms with Crippen LogP contribution in [0.5, 0.6) is 0 Å². The van der Waals surface area contributed by atoms with E-state index in [-0.39, 0.29) is 30.3 Å². The summed E-state index contributed by atoms with van der Waals surface area (Å²) in [6.45, 7) is 1.98. The number of furan rings is 1. The van der Waals surface area contributed by atoms with Crippen LogP contribution in [0.4, 0.5) is 0 Å². The maximum absolute atomic E-state index is 12.4. The summed E-state index contributed by atoms with van der Waals surface area (Å²) in [7, 11) is 0. The number of fused-ring (bicyclic) bond motifs is 1. The highest BCUT2D eigenvalue weighted by atomic mass is 32.1. The summed E-state index contributed by atoms with van der Waals surface area (Å²) in [5, 5.41) is 2.04. The van der Waals surface area contributed by atoms with Gasteiger partial charge in [0.1, 0.15) is 0 Å². The van der Waals surface area contributed by atoms with Gasteiger partial charge in [0.15, 0.2) is 12.4 Å². The van der Waals surface area contributed by atoms with E-state index in [1.165, 1.54) is 16.7 Å². The smallest absolute Gasteiger partial charge is 0.309 e. The van der Waals surface area contributed by atoms with Crippen LogP contribution in [0.25, 0.3) is 0 Å². The zero-order chi connectivity index (χ0) is 19.5. The molecule has 4 heterocycles. The zero-order valence-corrected chi connectivity index (χ0v) is 16.3. The maximum Gasteiger partial charge on any atom is 0.309 e. The van der Waals surface area contributed by atoms with Crippen LogP contribution < -0.4 is 0 Å². The molecular weight excluding hydrogens is 380 g/mol. The van der Waals surface area contributed by atoms with Gasteiger partial charge in [-0.3, -0.25) is 14.4 Å². The number of ether oxygens (including phenoxy) is 1. The minimum absolute atomic E-state index is 0.157. The first kappa shape index (κ1) is 18.7. The van der Waals surface area contributed by atoms with Crippen molar-refractivity contribution in [3.63, 3.8) is 0 Å². The maximum atomic E-state index is 12.4. The Morgan fingerprint density at radius 1 is 1.14 bits per heavy atom. The number of esters is 1. The highest BCUT2D eigenvalue weighted by molar-refractivity contribution is 7.10. The summed E-state index contributed by atoms with van der Waals surface area (Å²) in [6.07, 6.45) is 3.38. The fraction of sp³-hybridized carbons (Fsp3) is 0.450. The molecule has 2 aliphatic rings. The van der Waals surface area contributed by atoms with Crippen molar-refractivity contribution < 1.29 is 23.5 Å². The van der Waals surface area contributed by atoms with E-state index < -0.39 is 0 Å². The summed E-state index contributed by atoms with van der Waals surface area (Å²) in [6, 6.07) is 5.35. The van der Waals surface area contributed by atoms with Crippen molar-refractivity contribution in [2.45, 2.75) is 25.8 Å². The lowest BCUT2D eigenvalue weighted by atomic mass is 9.97. The van der Waals surface area contributed by atoms with Crippen LogP contribution in [0.3, 0.4) is 0 Å². The number of likely N-dealkylation sites (tertiary alicyclic amines) is 1. The molecule has 0 aromatic carbocycles. The molecule has 0 atom stereocenters. The van der Waals surface area contributed by atoms with E-state index in [4.69, 9.17) is 9.15 Å². The van der Waals surface area contributed by atoms with Crippen LogP contribution in [0.1, 0.15) is 33.8 Å². The van der Waals surface area contributed by atoms with Gasteiger partial charge in [0, 0.05) is 31.1 Å². The lowest BCUT2D eigenvalue weighted by molar-refractivity contribution is -0.157. The molecule has 7 nitrogen and oxygen atoms in total. The molecule has 0 bridgehead atoms. The van der Waals surface area contributed by atoms with Crippen molar-refractivity contribution >= 4 is 29.1 Å². The molecule has 28 heavy (non-hydrogen) atoms. The predicted octanol–water partition coefficient (Wildman–Crippen LogP) is 2.32. The number of carbonyl (C=O) groups is 3. The number of carbonyl (C=O) groups excluding carboxylic acids is 3. The molecule has 0 aliphatic carbocycles. The number of thiophene rings is 1. The number of nitrogens with zero attached hydrogens (tertiary/aromatic N) is 2. The highest BCUT2D eigenvalue weighted by Gasteiger charge is 2.30. The molecule has 1 saturated heterocycles. The molecule has 1 fully saturated rings. The average Bonchev–Trinajstić information content (AvgIpc) is 3.42. The number of hydrogen-bond donors (Lipinski definition) is 0. The summed E-state index contributed by atoms with van der Waals surface area (Å²) in [4.78, 5) is 41.7. The molecule has 0 N–H and O–H groups in total. The predicted molar refractivity (Wildman–Crippen MR) is 102 cm³/mol. The SMILES string of the molecule is O=C(OCC(=O)N1CCc2sccc2C1)C1CCN(C(=O)c2ccco2)CC1. The Bertz CT molecular complexity index is 852. The molecule has 2 amide bonds. The van der Waals surface area contributed by atoms with Crippen LogP contribution in [-0.2, 0) is 27.3 Å². The minimum Gasteiger partial charge on any atom is -0.459 e. The molecule has 2 aliphatic heterocycles. The summed E-state index contributed by atoms with van der Waals surface area (Å²) >= 11 is 1.72. The minimum atomic E-state index is -0.355. The fourth-order valence-electron chi connectivity index (χ4n) is 3.68. The Morgan fingerprint density at radius 3 is 2.71 bits per heavy atom. The first-order valence-corrected chi connectivity index (χ1v) is 10.3. The molecule has 2 aromatic heterocycles. The number of hydrogen-bond acceptors (Lipinski definition) is 6. The third kappa shape index (κ3) is 3.96. The van der Waals surface area contributed by atoms with Crippen molar-refractivity contribution in [3.8, 4) is 0 Å². The van der Waals surface area contributed by atoms with E-state index in [1.807, 2.05) is 11.4 Å². The Kier molecular flexibility index (Phi) is 5.47. The van der Waals surface area contributed by atoms with E-state index in [2.05, 4.69) is 0 Å². The molecule has 0 unspecified atom stereocenters. The largest absolute Gasteiger partial charge is 0.459 e. The monoisotopic (exact) mass is 402 g/mol. The van der Waals surface area contributed by atoms with Gasteiger partial charge in [-0.05, 0) is 48.4 Å². The van der Waals surface area contributed by atoms with Crippen LogP contribution in [0, 0.1) is 5.92 Å². The number of rotatable bonds is 4. The Hall–Kier alpha value is -2.61. The van der Waals surface area contributed by atoms with Crippen molar-refractivity contribution in [2.75, 3.05) is 26.2 Å². The van der Waals surface area contributed by atoms with Crippen molar-refractivity contribution in [1.82, 2.24) is 9.80 Å². The van der Waals surface area contributed by atoms with Gasteiger partial charge in [-0.15, -0.1) is 11.3 Å². The van der Waals surface area contributed by atoms with Crippen molar-refractivity contribution in [2.24, 2.45) is 5.92 Å². The second-order valence-electron chi connectivity index (χ2n) is 7.09. The van der Waals surface area contributed by atoms with E-state index in [1.54, 1.807) is 33.3 Å². The lowest BCUT2D eigenvalue weighted by Gasteiger charge is -2.30. The normalized spacial score (nSPS) is 17.3. The third-order valence-electron chi connectivity index (χ3n) is 5.35. The molecule has 0 radical (unpaired) electrons. The molecule has 0 spiro atoms. The first-order chi connectivity index (χ1) is 13.6. The van der Waals surface area contributed by atoms with Gasteiger partial charge in [-0.25, -0.2) is 0 Å². The third-order valence-corrected chi connectivity index (χ3v) is 6.37. The molecular formula is C20H22N2O5S. The molecule has 2 aromatic rings. The van der Waals surface area contributed by atoms with Gasteiger partial charge in [0.2, 0.25) is 0 Å². The van der Waals surface area contributed by atoms with Gasteiger partial charge in [-0.1, -0.05) is 0 Å². The molecule has 0 saturated carbocycles. The van der Waals surface area contributed by atoms with E-state index in [0.717, 1.165) is 6.42 Å². The quantitative estimate of drug-likeness (QED) is 0.734. The zero-order valence-electron chi connectivity index (χ0n) is 15.5. The van der Waals surface area contributed by atoms with Crippen molar-refractivity contribution in [3.05, 3.63) is 46.0 Å². The standard InChI is InChI=1S/C20H22N2O5S/c23-18(22-9-5-17-15(12-22)6-11-28-17)13-27-20(25)14-3-7-21(8-4-14)19(24)16-2-1-10-26-16/h1-2,6,10-11,14H,3-5,7-9,12-13H2. The summed E-state index contributed by atoms with van der Waals surface area (Å²) in [5.74, 6) is -0.646. The van der Waals surface area contributed by atoms with Crippen LogP contribution >= 0.6 is 11.3 Å². The van der Waals surface area contributed by atoms with Crippen LogP contribution in [0.2, 0.25) is 0 Å². The molecule has 8 heteroatoms. The Balaban J connectivity index is 1.22. The Morgan fingerprint density at radius 2 is 1.96 bits per heavy atom. The van der Waals surface area contributed by atoms with Gasteiger partial charge in [0.05, 0.1) is 12.2 Å². The van der Waals surface area contributed by atoms with Gasteiger partial charge >= 0.3 is 5.97 Å². The topological polar surface area (TPSA) is 80.1 Å². The van der Waals surface area contributed by atoms with E-state index in [0.29, 0.717) is 44.8 Å². The van der Waals surface area contributed by atoms with Gasteiger partial charge in [0.25, 0.3) is 11.8 Å². The van der Waals surface area contributed by atoms with E-state index in [9.17, 15) is 14.4 Å². The second kappa shape index (κ2) is 8.18.